The van der Waals surface area contributed by atoms with Gasteiger partial charge in [-0.25, -0.2) is 4.79 Å². The van der Waals surface area contributed by atoms with Gasteiger partial charge in [-0.1, -0.05) is 56.5 Å². The SMILES string of the molecule is CCCC1(c2ccccc2)NC(=O)N(CC(=O)NC2CCCC2)C1=O. The van der Waals surface area contributed by atoms with Gasteiger partial charge < -0.3 is 10.6 Å². The lowest BCUT2D eigenvalue weighted by atomic mass is 9.85. The number of hydrogen-bond donors (Lipinski definition) is 2. The van der Waals surface area contributed by atoms with Crippen LogP contribution < -0.4 is 10.6 Å². The Hall–Kier alpha value is -2.37. The van der Waals surface area contributed by atoms with Gasteiger partial charge >= 0.3 is 6.03 Å². The summed E-state index contributed by atoms with van der Waals surface area (Å²) in [6.45, 7) is 1.75. The Morgan fingerprint density at radius 3 is 2.56 bits per heavy atom. The molecular weight excluding hydrogens is 318 g/mol. The highest BCUT2D eigenvalue weighted by molar-refractivity contribution is 6.09. The van der Waals surface area contributed by atoms with E-state index in [1.807, 2.05) is 37.3 Å². The number of carbonyl (C=O) groups excluding carboxylic acids is 3. The lowest BCUT2D eigenvalue weighted by Crippen LogP contribution is -2.46. The van der Waals surface area contributed by atoms with Gasteiger partial charge in [-0.15, -0.1) is 0 Å². The van der Waals surface area contributed by atoms with Crippen LogP contribution in [0.1, 0.15) is 51.0 Å². The molecule has 3 rings (SSSR count). The van der Waals surface area contributed by atoms with Crippen LogP contribution in [0.2, 0.25) is 0 Å². The average molecular weight is 343 g/mol. The van der Waals surface area contributed by atoms with E-state index in [0.717, 1.165) is 42.6 Å². The van der Waals surface area contributed by atoms with Crippen molar-refractivity contribution in [3.05, 3.63) is 35.9 Å². The van der Waals surface area contributed by atoms with Crippen molar-refractivity contribution >= 4 is 17.8 Å². The standard InChI is InChI=1S/C19H25N3O3/c1-2-12-19(14-8-4-3-5-9-14)17(24)22(18(25)21-19)13-16(23)20-15-10-6-7-11-15/h3-5,8-9,15H,2,6-7,10-13H2,1H3,(H,20,23)(H,21,25). The Morgan fingerprint density at radius 1 is 1.24 bits per heavy atom. The molecule has 0 bridgehead atoms. The van der Waals surface area contributed by atoms with Crippen molar-refractivity contribution in [2.45, 2.75) is 57.0 Å². The van der Waals surface area contributed by atoms with Gasteiger partial charge in [-0.3, -0.25) is 14.5 Å². The fraction of sp³-hybridized carbons (Fsp3) is 0.526. The maximum atomic E-state index is 13.1. The largest absolute Gasteiger partial charge is 0.352 e. The normalized spacial score (nSPS) is 23.8. The minimum atomic E-state index is -1.07. The Bertz CT molecular complexity index is 655. The molecule has 1 saturated heterocycles. The van der Waals surface area contributed by atoms with Crippen LogP contribution in [0.4, 0.5) is 4.79 Å². The number of carbonyl (C=O) groups is 3. The van der Waals surface area contributed by atoms with Crippen LogP contribution >= 0.6 is 0 Å². The second-order valence-corrected chi connectivity index (χ2v) is 6.89. The lowest BCUT2D eigenvalue weighted by molar-refractivity contribution is -0.135. The smallest absolute Gasteiger partial charge is 0.325 e. The molecule has 134 valence electrons. The van der Waals surface area contributed by atoms with Crippen LogP contribution in [-0.2, 0) is 15.1 Å². The van der Waals surface area contributed by atoms with E-state index < -0.39 is 11.6 Å². The quantitative estimate of drug-likeness (QED) is 0.778. The van der Waals surface area contributed by atoms with E-state index in [4.69, 9.17) is 0 Å². The molecule has 6 nitrogen and oxygen atoms in total. The molecule has 2 fully saturated rings. The zero-order valence-electron chi connectivity index (χ0n) is 14.6. The summed E-state index contributed by atoms with van der Waals surface area (Å²) in [5, 5.41) is 5.77. The summed E-state index contributed by atoms with van der Waals surface area (Å²) in [7, 11) is 0. The highest BCUT2D eigenvalue weighted by Gasteiger charge is 2.52. The van der Waals surface area contributed by atoms with Crippen molar-refractivity contribution in [3.63, 3.8) is 0 Å². The minimum Gasteiger partial charge on any atom is -0.352 e. The summed E-state index contributed by atoms with van der Waals surface area (Å²) >= 11 is 0. The Balaban J connectivity index is 1.76. The van der Waals surface area contributed by atoms with Gasteiger partial charge in [-0.05, 0) is 24.8 Å². The van der Waals surface area contributed by atoms with Crippen LogP contribution in [-0.4, -0.2) is 35.3 Å². The molecule has 1 atom stereocenters. The van der Waals surface area contributed by atoms with Gasteiger partial charge in [0, 0.05) is 6.04 Å². The zero-order valence-corrected chi connectivity index (χ0v) is 14.6. The van der Waals surface area contributed by atoms with Gasteiger partial charge in [-0.2, -0.15) is 0 Å². The summed E-state index contributed by atoms with van der Waals surface area (Å²) in [6, 6.07) is 8.93. The second kappa shape index (κ2) is 7.25. The van der Waals surface area contributed by atoms with Gasteiger partial charge in [0.05, 0.1) is 0 Å². The van der Waals surface area contributed by atoms with Gasteiger partial charge in [0.2, 0.25) is 5.91 Å². The summed E-state index contributed by atoms with van der Waals surface area (Å²) in [5.41, 5.74) is -0.310. The highest BCUT2D eigenvalue weighted by atomic mass is 16.2. The molecule has 0 spiro atoms. The predicted octanol–water partition coefficient (Wildman–Crippen LogP) is 2.29. The highest BCUT2D eigenvalue weighted by Crippen LogP contribution is 2.33. The van der Waals surface area contributed by atoms with Gasteiger partial charge in [0.25, 0.3) is 5.91 Å². The topological polar surface area (TPSA) is 78.5 Å². The van der Waals surface area contributed by atoms with E-state index in [2.05, 4.69) is 10.6 Å². The first-order valence-corrected chi connectivity index (χ1v) is 9.06. The van der Waals surface area contributed by atoms with Crippen LogP contribution in [0.3, 0.4) is 0 Å². The van der Waals surface area contributed by atoms with E-state index in [-0.39, 0.29) is 24.4 Å². The number of rotatable bonds is 6. The second-order valence-electron chi connectivity index (χ2n) is 6.89. The third-order valence-corrected chi connectivity index (χ3v) is 5.09. The third kappa shape index (κ3) is 3.38. The lowest BCUT2D eigenvalue weighted by Gasteiger charge is -2.27. The number of hydrogen-bond acceptors (Lipinski definition) is 3. The van der Waals surface area contributed by atoms with Crippen molar-refractivity contribution < 1.29 is 14.4 Å². The molecule has 25 heavy (non-hydrogen) atoms. The number of nitrogens with zero attached hydrogens (tertiary/aromatic N) is 1. The molecule has 1 aliphatic carbocycles. The molecule has 4 amide bonds. The number of benzene rings is 1. The first-order chi connectivity index (χ1) is 12.1. The maximum absolute atomic E-state index is 13.1. The molecule has 1 saturated carbocycles. The molecule has 1 heterocycles. The van der Waals surface area contributed by atoms with Crippen molar-refractivity contribution in [1.29, 1.82) is 0 Å². The van der Waals surface area contributed by atoms with Crippen molar-refractivity contribution in [3.8, 4) is 0 Å². The number of nitrogens with one attached hydrogen (secondary N) is 2. The minimum absolute atomic E-state index is 0.169. The molecule has 2 aliphatic rings. The monoisotopic (exact) mass is 343 g/mol. The van der Waals surface area contributed by atoms with E-state index >= 15 is 0 Å². The molecule has 0 aromatic heterocycles. The number of urea groups is 1. The Labute approximate surface area is 148 Å². The van der Waals surface area contributed by atoms with E-state index in [1.165, 1.54) is 0 Å². The molecule has 1 aromatic rings. The van der Waals surface area contributed by atoms with Crippen molar-refractivity contribution in [1.82, 2.24) is 15.5 Å². The summed E-state index contributed by atoms with van der Waals surface area (Å²) in [4.78, 5) is 38.8. The fourth-order valence-electron chi connectivity index (χ4n) is 3.86. The molecule has 1 aromatic carbocycles. The van der Waals surface area contributed by atoms with Crippen LogP contribution in [0, 0.1) is 0 Å². The number of imide groups is 1. The molecule has 6 heteroatoms. The van der Waals surface area contributed by atoms with Crippen molar-refractivity contribution in [2.24, 2.45) is 0 Å². The van der Waals surface area contributed by atoms with Gasteiger partial charge in [0.15, 0.2) is 0 Å². The van der Waals surface area contributed by atoms with Crippen molar-refractivity contribution in [2.75, 3.05) is 6.54 Å². The van der Waals surface area contributed by atoms with Crippen LogP contribution in [0.25, 0.3) is 0 Å². The Morgan fingerprint density at radius 2 is 1.92 bits per heavy atom. The summed E-state index contributed by atoms with van der Waals surface area (Å²) in [5.74, 6) is -0.608. The van der Waals surface area contributed by atoms with E-state index in [1.54, 1.807) is 0 Å². The predicted molar refractivity (Wildman–Crippen MR) is 93.7 cm³/mol. The van der Waals surface area contributed by atoms with E-state index in [0.29, 0.717) is 6.42 Å². The Kier molecular flexibility index (Phi) is 5.06. The third-order valence-electron chi connectivity index (χ3n) is 5.09. The average Bonchev–Trinajstić information content (AvgIpc) is 3.19. The summed E-state index contributed by atoms with van der Waals surface area (Å²) in [6.07, 6.45) is 5.40. The molecule has 1 unspecified atom stereocenters. The zero-order chi connectivity index (χ0) is 17.9. The maximum Gasteiger partial charge on any atom is 0.325 e. The van der Waals surface area contributed by atoms with E-state index in [9.17, 15) is 14.4 Å². The molecule has 2 N–H and O–H groups in total. The summed E-state index contributed by atoms with van der Waals surface area (Å²) < 4.78 is 0. The molecule has 0 radical (unpaired) electrons. The first-order valence-electron chi connectivity index (χ1n) is 9.06. The molecular formula is C19H25N3O3. The van der Waals surface area contributed by atoms with Gasteiger partial charge in [0.1, 0.15) is 12.1 Å². The first kappa shape index (κ1) is 17.5. The van der Waals surface area contributed by atoms with Crippen LogP contribution in [0.5, 0.6) is 0 Å². The van der Waals surface area contributed by atoms with Crippen LogP contribution in [0.15, 0.2) is 30.3 Å². The fourth-order valence-corrected chi connectivity index (χ4v) is 3.86. The number of amides is 4. The molecule has 1 aliphatic heterocycles.